The second-order valence-corrected chi connectivity index (χ2v) is 5.91. The fourth-order valence-corrected chi connectivity index (χ4v) is 1.96. The van der Waals surface area contributed by atoms with Crippen LogP contribution in [0.4, 0.5) is 0 Å². The molecule has 2 aromatic rings. The first kappa shape index (κ1) is 16.4. The van der Waals surface area contributed by atoms with Gasteiger partial charge in [-0.2, -0.15) is 8.42 Å². The topological polar surface area (TPSA) is 80.4 Å². The third kappa shape index (κ3) is 5.52. The molecule has 1 atom stereocenters. The van der Waals surface area contributed by atoms with Crippen LogP contribution in [0.2, 0.25) is 0 Å². The molecule has 0 bridgehead atoms. The largest absolute Gasteiger partial charge is 0.324 e. The molecule has 5 heteroatoms. The highest BCUT2D eigenvalue weighted by Gasteiger charge is 2.05. The Balaban J connectivity index is 0.000000200. The van der Waals surface area contributed by atoms with Crippen molar-refractivity contribution in [3.05, 3.63) is 65.7 Å². The summed E-state index contributed by atoms with van der Waals surface area (Å²) in [6, 6.07) is 15.9. The fourth-order valence-electron chi connectivity index (χ4n) is 1.46. The molecule has 0 radical (unpaired) electrons. The quantitative estimate of drug-likeness (QED) is 0.834. The molecule has 2 rings (SSSR count). The minimum absolute atomic E-state index is 0.0741. The molecule has 2 aromatic carbocycles. The minimum atomic E-state index is -4.00. The zero-order chi connectivity index (χ0) is 15.2. The number of hydrogen-bond acceptors (Lipinski definition) is 3. The second-order valence-electron chi connectivity index (χ2n) is 4.49. The van der Waals surface area contributed by atoms with Gasteiger partial charge in [0.15, 0.2) is 0 Å². The first-order chi connectivity index (χ1) is 9.30. The summed E-state index contributed by atoms with van der Waals surface area (Å²) in [6.07, 6.45) is 0. The number of nitrogens with two attached hydrogens (primary N) is 1. The van der Waals surface area contributed by atoms with E-state index >= 15 is 0 Å². The van der Waals surface area contributed by atoms with Crippen molar-refractivity contribution in [1.82, 2.24) is 0 Å². The van der Waals surface area contributed by atoms with Gasteiger partial charge in [0.25, 0.3) is 10.1 Å². The summed E-state index contributed by atoms with van der Waals surface area (Å²) in [5.41, 5.74) is 8.15. The van der Waals surface area contributed by atoms with E-state index in [1.165, 1.54) is 23.3 Å². The molecule has 0 amide bonds. The van der Waals surface area contributed by atoms with Gasteiger partial charge in [-0.15, -0.1) is 0 Å². The van der Waals surface area contributed by atoms with E-state index in [1.807, 2.05) is 6.92 Å². The summed E-state index contributed by atoms with van der Waals surface area (Å²) in [7, 11) is -4.00. The summed E-state index contributed by atoms with van der Waals surface area (Å²) in [5, 5.41) is 0. The number of aryl methyl sites for hydroxylation is 1. The van der Waals surface area contributed by atoms with E-state index in [9.17, 15) is 8.42 Å². The molecule has 0 aliphatic heterocycles. The van der Waals surface area contributed by atoms with Gasteiger partial charge in [0.1, 0.15) is 0 Å². The monoisotopic (exact) mass is 293 g/mol. The standard InChI is InChI=1S/C9H13N.C6H6O3S/c1-7-3-5-9(6-4-7)8(2)10;7-10(8,9)6-4-2-1-3-5-6/h3-6,8H,10H2,1-2H3;1-5H,(H,7,8,9). The zero-order valence-electron chi connectivity index (χ0n) is 11.5. The van der Waals surface area contributed by atoms with Crippen LogP contribution in [-0.4, -0.2) is 13.0 Å². The van der Waals surface area contributed by atoms with Crippen LogP contribution in [0.3, 0.4) is 0 Å². The molecule has 0 spiro atoms. The van der Waals surface area contributed by atoms with Gasteiger partial charge in [-0.05, 0) is 31.5 Å². The van der Waals surface area contributed by atoms with Crippen LogP contribution in [-0.2, 0) is 10.1 Å². The smallest absolute Gasteiger partial charge is 0.294 e. The van der Waals surface area contributed by atoms with Crippen molar-refractivity contribution in [2.45, 2.75) is 24.8 Å². The van der Waals surface area contributed by atoms with Crippen molar-refractivity contribution in [2.24, 2.45) is 5.73 Å². The Hall–Kier alpha value is -1.69. The van der Waals surface area contributed by atoms with Gasteiger partial charge in [0, 0.05) is 6.04 Å². The summed E-state index contributed by atoms with van der Waals surface area (Å²) in [5.74, 6) is 0. The molecule has 0 fully saturated rings. The first-order valence-electron chi connectivity index (χ1n) is 6.15. The van der Waals surface area contributed by atoms with Crippen LogP contribution in [0.1, 0.15) is 24.1 Å². The maximum atomic E-state index is 10.4. The highest BCUT2D eigenvalue weighted by molar-refractivity contribution is 7.85. The lowest BCUT2D eigenvalue weighted by molar-refractivity contribution is 0.483. The van der Waals surface area contributed by atoms with Crippen molar-refractivity contribution in [3.63, 3.8) is 0 Å². The lowest BCUT2D eigenvalue weighted by Gasteiger charge is -2.03. The molecule has 4 nitrogen and oxygen atoms in total. The first-order valence-corrected chi connectivity index (χ1v) is 7.59. The molecule has 0 saturated carbocycles. The van der Waals surface area contributed by atoms with Crippen molar-refractivity contribution < 1.29 is 13.0 Å². The molecule has 0 saturated heterocycles. The van der Waals surface area contributed by atoms with Crippen LogP contribution in [0.15, 0.2) is 59.5 Å². The molecular formula is C15H19NO3S. The molecule has 0 aliphatic carbocycles. The number of hydrogen-bond donors (Lipinski definition) is 2. The molecular weight excluding hydrogens is 274 g/mol. The lowest BCUT2D eigenvalue weighted by atomic mass is 10.1. The molecule has 3 N–H and O–H groups in total. The Kier molecular flexibility index (Phi) is 5.88. The van der Waals surface area contributed by atoms with Gasteiger partial charge >= 0.3 is 0 Å². The van der Waals surface area contributed by atoms with Gasteiger partial charge in [0.2, 0.25) is 0 Å². The van der Waals surface area contributed by atoms with E-state index in [0.717, 1.165) is 0 Å². The summed E-state index contributed by atoms with van der Waals surface area (Å²) >= 11 is 0. The van der Waals surface area contributed by atoms with Crippen molar-refractivity contribution in [2.75, 3.05) is 0 Å². The van der Waals surface area contributed by atoms with Crippen LogP contribution in [0, 0.1) is 6.92 Å². The average molecular weight is 293 g/mol. The maximum Gasteiger partial charge on any atom is 0.294 e. The Morgan fingerprint density at radius 1 is 1.00 bits per heavy atom. The van der Waals surface area contributed by atoms with Crippen molar-refractivity contribution in [3.8, 4) is 0 Å². The Morgan fingerprint density at radius 2 is 1.50 bits per heavy atom. The summed E-state index contributed by atoms with van der Waals surface area (Å²) in [6.45, 7) is 4.07. The Labute approximate surface area is 120 Å². The third-order valence-corrected chi connectivity index (χ3v) is 3.51. The fraction of sp³-hybridized carbons (Fsp3) is 0.200. The predicted molar refractivity (Wildman–Crippen MR) is 80.0 cm³/mol. The lowest BCUT2D eigenvalue weighted by Crippen LogP contribution is -2.04. The number of benzene rings is 2. The summed E-state index contributed by atoms with van der Waals surface area (Å²) in [4.78, 5) is -0.0741. The maximum absolute atomic E-state index is 10.4. The minimum Gasteiger partial charge on any atom is -0.324 e. The van der Waals surface area contributed by atoms with Gasteiger partial charge in [-0.3, -0.25) is 4.55 Å². The Morgan fingerprint density at radius 3 is 1.85 bits per heavy atom. The molecule has 0 aliphatic rings. The average Bonchev–Trinajstić information content (AvgIpc) is 2.40. The molecule has 1 unspecified atom stereocenters. The predicted octanol–water partition coefficient (Wildman–Crippen LogP) is 2.95. The van der Waals surface area contributed by atoms with E-state index in [-0.39, 0.29) is 10.9 Å². The summed E-state index contributed by atoms with van der Waals surface area (Å²) < 4.78 is 29.2. The second kappa shape index (κ2) is 7.19. The molecule has 0 aromatic heterocycles. The van der Waals surface area contributed by atoms with Crippen LogP contribution < -0.4 is 5.73 Å². The van der Waals surface area contributed by atoms with Crippen LogP contribution in [0.25, 0.3) is 0 Å². The van der Waals surface area contributed by atoms with Gasteiger partial charge < -0.3 is 5.73 Å². The highest BCUT2D eigenvalue weighted by Crippen LogP contribution is 2.09. The van der Waals surface area contributed by atoms with E-state index in [4.69, 9.17) is 10.3 Å². The highest BCUT2D eigenvalue weighted by atomic mass is 32.2. The molecule has 0 heterocycles. The van der Waals surface area contributed by atoms with Crippen molar-refractivity contribution in [1.29, 1.82) is 0 Å². The third-order valence-electron chi connectivity index (χ3n) is 2.64. The van der Waals surface area contributed by atoms with Crippen molar-refractivity contribution >= 4 is 10.1 Å². The SMILES string of the molecule is Cc1ccc(C(C)N)cc1.O=S(=O)(O)c1ccccc1. The van der Waals surface area contributed by atoms with Crippen LogP contribution in [0.5, 0.6) is 0 Å². The molecule has 20 heavy (non-hydrogen) atoms. The normalized spacial score (nSPS) is 12.2. The van der Waals surface area contributed by atoms with Gasteiger partial charge in [0.05, 0.1) is 4.90 Å². The van der Waals surface area contributed by atoms with E-state index in [2.05, 4.69) is 31.2 Å². The van der Waals surface area contributed by atoms with E-state index < -0.39 is 10.1 Å². The van der Waals surface area contributed by atoms with Gasteiger partial charge in [-0.1, -0.05) is 48.0 Å². The number of rotatable bonds is 2. The van der Waals surface area contributed by atoms with Crippen LogP contribution >= 0.6 is 0 Å². The van der Waals surface area contributed by atoms with E-state index in [1.54, 1.807) is 18.2 Å². The Bertz CT molecular complexity index is 620. The molecule has 108 valence electrons. The van der Waals surface area contributed by atoms with Gasteiger partial charge in [-0.25, -0.2) is 0 Å². The zero-order valence-corrected chi connectivity index (χ0v) is 12.3. The van der Waals surface area contributed by atoms with E-state index in [0.29, 0.717) is 0 Å².